The lowest BCUT2D eigenvalue weighted by Gasteiger charge is -2.13. The van der Waals surface area contributed by atoms with Crippen molar-refractivity contribution in [3.63, 3.8) is 0 Å². The predicted molar refractivity (Wildman–Crippen MR) is 66.1 cm³/mol. The fourth-order valence-corrected chi connectivity index (χ4v) is 1.37. The summed E-state index contributed by atoms with van der Waals surface area (Å²) < 4.78 is 35.5. The molecular weight excluding hydrogens is 272 g/mol. The lowest BCUT2D eigenvalue weighted by molar-refractivity contribution is -0.129. The van der Waals surface area contributed by atoms with Crippen molar-refractivity contribution in [2.75, 3.05) is 20.3 Å². The topological polar surface area (TPSA) is 64.6 Å². The Morgan fingerprint density at radius 2 is 1.85 bits per heavy atom. The molecule has 1 aromatic rings. The third-order valence-corrected chi connectivity index (χ3v) is 2.36. The van der Waals surface area contributed by atoms with Crippen LogP contribution in [0.4, 0.5) is 8.78 Å². The highest BCUT2D eigenvalue weighted by Gasteiger charge is 2.19. The maximum Gasteiger partial charge on any atom is 0.339 e. The molecule has 0 radical (unpaired) electrons. The summed E-state index contributed by atoms with van der Waals surface area (Å²) in [5.41, 5.74) is -0.293. The average molecular weight is 287 g/mol. The number of carbonyl (C=O) groups is 2. The van der Waals surface area contributed by atoms with Crippen LogP contribution >= 0.6 is 0 Å². The van der Waals surface area contributed by atoms with Gasteiger partial charge in [-0.05, 0) is 19.1 Å². The van der Waals surface area contributed by atoms with Gasteiger partial charge in [0.2, 0.25) is 0 Å². The van der Waals surface area contributed by atoms with Gasteiger partial charge in [0.25, 0.3) is 5.91 Å². The Morgan fingerprint density at radius 1 is 1.25 bits per heavy atom. The highest BCUT2D eigenvalue weighted by atomic mass is 19.1. The summed E-state index contributed by atoms with van der Waals surface area (Å²) in [6.07, 6.45) is -1.08. The van der Waals surface area contributed by atoms with E-state index >= 15 is 0 Å². The average Bonchev–Trinajstić information content (AvgIpc) is 2.37. The molecule has 1 N–H and O–H groups in total. The van der Waals surface area contributed by atoms with Crippen LogP contribution in [0.5, 0.6) is 0 Å². The van der Waals surface area contributed by atoms with Crippen molar-refractivity contribution in [1.82, 2.24) is 5.32 Å². The van der Waals surface area contributed by atoms with E-state index in [2.05, 4.69) is 5.32 Å². The second kappa shape index (κ2) is 7.54. The van der Waals surface area contributed by atoms with E-state index in [1.165, 1.54) is 14.0 Å². The van der Waals surface area contributed by atoms with Crippen LogP contribution in [0.3, 0.4) is 0 Å². The lowest BCUT2D eigenvalue weighted by Crippen LogP contribution is -2.37. The first-order chi connectivity index (χ1) is 9.43. The molecule has 0 aliphatic carbocycles. The standard InChI is InChI=1S/C13H15F2NO4/c1-8(12(17)16-3-4-19-2)20-13(18)9-5-10(14)7-11(15)6-9/h5-8H,3-4H2,1-2H3,(H,16,17)/t8-/m1/s1. The smallest absolute Gasteiger partial charge is 0.339 e. The molecule has 1 amide bonds. The minimum atomic E-state index is -1.08. The molecule has 1 aromatic carbocycles. The van der Waals surface area contributed by atoms with Crippen LogP contribution in [-0.2, 0) is 14.3 Å². The molecule has 7 heteroatoms. The molecular formula is C13H15F2NO4. The number of methoxy groups -OCH3 is 1. The van der Waals surface area contributed by atoms with Crippen LogP contribution < -0.4 is 5.32 Å². The molecule has 20 heavy (non-hydrogen) atoms. The van der Waals surface area contributed by atoms with Crippen molar-refractivity contribution in [2.45, 2.75) is 13.0 Å². The van der Waals surface area contributed by atoms with Gasteiger partial charge >= 0.3 is 5.97 Å². The number of benzene rings is 1. The second-order valence-corrected chi connectivity index (χ2v) is 3.99. The van der Waals surface area contributed by atoms with Crippen LogP contribution in [-0.4, -0.2) is 38.2 Å². The summed E-state index contributed by atoms with van der Waals surface area (Å²) in [6.45, 7) is 1.95. The van der Waals surface area contributed by atoms with Gasteiger partial charge in [-0.15, -0.1) is 0 Å². The van der Waals surface area contributed by atoms with Gasteiger partial charge in [-0.25, -0.2) is 13.6 Å². The number of hydrogen-bond acceptors (Lipinski definition) is 4. The van der Waals surface area contributed by atoms with E-state index < -0.39 is 29.6 Å². The molecule has 1 rings (SSSR count). The number of esters is 1. The monoisotopic (exact) mass is 287 g/mol. The summed E-state index contributed by atoms with van der Waals surface area (Å²) in [4.78, 5) is 23.2. The van der Waals surface area contributed by atoms with Crippen LogP contribution in [0.25, 0.3) is 0 Å². The first-order valence-corrected chi connectivity index (χ1v) is 5.87. The molecule has 1 atom stereocenters. The molecule has 0 spiro atoms. The number of rotatable bonds is 6. The normalized spacial score (nSPS) is 11.8. The highest BCUT2D eigenvalue weighted by molar-refractivity contribution is 5.92. The van der Waals surface area contributed by atoms with E-state index in [1.54, 1.807) is 0 Å². The molecule has 5 nitrogen and oxygen atoms in total. The van der Waals surface area contributed by atoms with Crippen molar-refractivity contribution < 1.29 is 27.8 Å². The lowest BCUT2D eigenvalue weighted by atomic mass is 10.2. The zero-order valence-corrected chi connectivity index (χ0v) is 11.1. The molecule has 0 fully saturated rings. The maximum absolute atomic E-state index is 12.9. The summed E-state index contributed by atoms with van der Waals surface area (Å²) >= 11 is 0. The molecule has 0 aromatic heterocycles. The fourth-order valence-electron chi connectivity index (χ4n) is 1.37. The largest absolute Gasteiger partial charge is 0.449 e. The number of nitrogens with one attached hydrogen (secondary N) is 1. The minimum Gasteiger partial charge on any atom is -0.449 e. The van der Waals surface area contributed by atoms with E-state index in [1.807, 2.05) is 0 Å². The summed E-state index contributed by atoms with van der Waals surface area (Å²) in [6, 6.07) is 2.31. The second-order valence-electron chi connectivity index (χ2n) is 3.99. The van der Waals surface area contributed by atoms with Gasteiger partial charge in [-0.3, -0.25) is 4.79 Å². The van der Waals surface area contributed by atoms with Gasteiger partial charge in [-0.1, -0.05) is 0 Å². The number of ether oxygens (including phenoxy) is 2. The third-order valence-electron chi connectivity index (χ3n) is 2.36. The van der Waals surface area contributed by atoms with Crippen LogP contribution in [0.15, 0.2) is 18.2 Å². The van der Waals surface area contributed by atoms with E-state index in [9.17, 15) is 18.4 Å². The zero-order valence-electron chi connectivity index (χ0n) is 11.1. The quantitative estimate of drug-likeness (QED) is 0.632. The molecule has 110 valence electrons. The number of hydrogen-bond donors (Lipinski definition) is 1. The third kappa shape index (κ3) is 4.93. The molecule has 0 bridgehead atoms. The summed E-state index contributed by atoms with van der Waals surface area (Å²) in [7, 11) is 1.48. The number of halogens is 2. The van der Waals surface area contributed by atoms with E-state index in [0.29, 0.717) is 12.7 Å². The molecule has 0 heterocycles. The van der Waals surface area contributed by atoms with Crippen molar-refractivity contribution in [3.05, 3.63) is 35.4 Å². The first kappa shape index (κ1) is 16.0. The Bertz CT molecular complexity index is 473. The fraction of sp³-hybridized carbons (Fsp3) is 0.385. The van der Waals surface area contributed by atoms with E-state index in [4.69, 9.17) is 9.47 Å². The maximum atomic E-state index is 12.9. The molecule has 0 saturated carbocycles. The Kier molecular flexibility index (Phi) is 6.05. The summed E-state index contributed by atoms with van der Waals surface area (Å²) in [5, 5.41) is 2.47. The van der Waals surface area contributed by atoms with Crippen molar-refractivity contribution in [2.24, 2.45) is 0 Å². The van der Waals surface area contributed by atoms with Crippen LogP contribution in [0, 0.1) is 11.6 Å². The summed E-state index contributed by atoms with van der Waals surface area (Å²) in [5.74, 6) is -3.28. The zero-order chi connectivity index (χ0) is 15.1. The Hall–Kier alpha value is -2.02. The van der Waals surface area contributed by atoms with Gasteiger partial charge in [-0.2, -0.15) is 0 Å². The molecule has 0 aliphatic heterocycles. The Balaban J connectivity index is 2.58. The number of amides is 1. The van der Waals surface area contributed by atoms with Gasteiger partial charge in [0.1, 0.15) is 11.6 Å². The van der Waals surface area contributed by atoms with Crippen molar-refractivity contribution in [3.8, 4) is 0 Å². The molecule has 0 aliphatic rings. The predicted octanol–water partition coefficient (Wildman–Crippen LogP) is 1.27. The van der Waals surface area contributed by atoms with Crippen LogP contribution in [0.1, 0.15) is 17.3 Å². The van der Waals surface area contributed by atoms with Crippen molar-refractivity contribution in [1.29, 1.82) is 0 Å². The van der Waals surface area contributed by atoms with E-state index in [-0.39, 0.29) is 12.1 Å². The Labute approximate surface area is 114 Å². The highest BCUT2D eigenvalue weighted by Crippen LogP contribution is 2.10. The van der Waals surface area contributed by atoms with E-state index in [0.717, 1.165) is 12.1 Å². The van der Waals surface area contributed by atoms with Crippen LogP contribution in [0.2, 0.25) is 0 Å². The molecule has 0 saturated heterocycles. The number of carbonyl (C=O) groups excluding carboxylic acids is 2. The van der Waals surface area contributed by atoms with Gasteiger partial charge in [0.15, 0.2) is 6.10 Å². The minimum absolute atomic E-state index is 0.270. The van der Waals surface area contributed by atoms with Gasteiger partial charge < -0.3 is 14.8 Å². The molecule has 0 unspecified atom stereocenters. The first-order valence-electron chi connectivity index (χ1n) is 5.87. The van der Waals surface area contributed by atoms with Crippen molar-refractivity contribution >= 4 is 11.9 Å². The Morgan fingerprint density at radius 3 is 2.40 bits per heavy atom. The van der Waals surface area contributed by atoms with Gasteiger partial charge in [0.05, 0.1) is 12.2 Å². The SMILES string of the molecule is COCCNC(=O)[C@@H](C)OC(=O)c1cc(F)cc(F)c1. The van der Waals surface area contributed by atoms with Gasteiger partial charge in [0, 0.05) is 19.7 Å².